The van der Waals surface area contributed by atoms with E-state index in [1.807, 2.05) is 49.4 Å². The Balaban J connectivity index is 1.50. The van der Waals surface area contributed by atoms with Crippen molar-refractivity contribution in [2.24, 2.45) is 0 Å². The summed E-state index contributed by atoms with van der Waals surface area (Å²) >= 11 is 6.02. The van der Waals surface area contributed by atoms with Crippen LogP contribution >= 0.6 is 11.6 Å². The molecule has 7 nitrogen and oxygen atoms in total. The molecule has 3 aromatic carbocycles. The summed E-state index contributed by atoms with van der Waals surface area (Å²) in [5.74, 6) is 1.84. The van der Waals surface area contributed by atoms with Crippen molar-refractivity contribution in [3.05, 3.63) is 88.6 Å². The van der Waals surface area contributed by atoms with Gasteiger partial charge in [0.2, 0.25) is 5.95 Å². The van der Waals surface area contributed by atoms with Crippen LogP contribution in [0.5, 0.6) is 11.5 Å². The molecule has 1 aromatic heterocycles. The molecule has 0 bridgehead atoms. The number of hydrogen-bond acceptors (Lipinski definition) is 5. The largest absolute Gasteiger partial charge is 0.486 e. The minimum atomic E-state index is -0.424. The number of halogens is 1. The van der Waals surface area contributed by atoms with Crippen molar-refractivity contribution in [1.82, 2.24) is 9.55 Å². The van der Waals surface area contributed by atoms with Gasteiger partial charge in [-0.2, -0.15) is 0 Å². The predicted octanol–water partition coefficient (Wildman–Crippen LogP) is 5.39. The second-order valence-corrected chi connectivity index (χ2v) is 8.66. The molecule has 3 heterocycles. The standard InChI is InChI=1S/C26H21ClN4O3/c1-15-23(25(32)29-18-9-7-17(27)8-10-18)24(16-6-11-21-22(14-16)34-13-12-33-21)31-20-5-3-2-4-19(20)30-26(31)28-15/h2-11,14,24H,12-13H2,1H3,(H,28,30)(H,29,32). The van der Waals surface area contributed by atoms with Crippen LogP contribution in [0.15, 0.2) is 78.0 Å². The number of aromatic nitrogens is 2. The van der Waals surface area contributed by atoms with Crippen molar-refractivity contribution >= 4 is 40.2 Å². The zero-order valence-corrected chi connectivity index (χ0v) is 19.1. The van der Waals surface area contributed by atoms with E-state index in [-0.39, 0.29) is 5.91 Å². The van der Waals surface area contributed by atoms with Gasteiger partial charge in [0.1, 0.15) is 13.2 Å². The number of nitrogens with zero attached hydrogens (tertiary/aromatic N) is 2. The SMILES string of the molecule is CC1=C(C(=O)Nc2ccc(Cl)cc2)C(c2ccc3c(c2)OCCO3)n2c(nc3ccccc32)N1. The van der Waals surface area contributed by atoms with Crippen molar-refractivity contribution in [2.45, 2.75) is 13.0 Å². The number of rotatable bonds is 3. The monoisotopic (exact) mass is 472 g/mol. The van der Waals surface area contributed by atoms with Gasteiger partial charge in [0, 0.05) is 16.4 Å². The second kappa shape index (κ2) is 8.11. The fourth-order valence-electron chi connectivity index (χ4n) is 4.54. The molecule has 2 aliphatic rings. The molecule has 0 aliphatic carbocycles. The lowest BCUT2D eigenvalue weighted by Crippen LogP contribution is -2.31. The van der Waals surface area contributed by atoms with E-state index in [2.05, 4.69) is 15.2 Å². The van der Waals surface area contributed by atoms with E-state index in [4.69, 9.17) is 26.1 Å². The molecule has 0 saturated carbocycles. The van der Waals surface area contributed by atoms with Crippen molar-refractivity contribution in [2.75, 3.05) is 23.8 Å². The number of carbonyl (C=O) groups is 1. The lowest BCUT2D eigenvalue weighted by molar-refractivity contribution is -0.113. The Morgan fingerprint density at radius 1 is 1.06 bits per heavy atom. The van der Waals surface area contributed by atoms with Gasteiger partial charge in [0.05, 0.1) is 22.6 Å². The third-order valence-corrected chi connectivity index (χ3v) is 6.31. The minimum Gasteiger partial charge on any atom is -0.486 e. The van der Waals surface area contributed by atoms with Gasteiger partial charge in [-0.25, -0.2) is 4.98 Å². The number of anilines is 2. The zero-order chi connectivity index (χ0) is 23.2. The number of para-hydroxylation sites is 2. The Bertz CT molecular complexity index is 1460. The molecule has 4 aromatic rings. The van der Waals surface area contributed by atoms with Crippen LogP contribution in [0.25, 0.3) is 11.0 Å². The van der Waals surface area contributed by atoms with Crippen LogP contribution in [0.2, 0.25) is 5.02 Å². The Hall–Kier alpha value is -3.97. The van der Waals surface area contributed by atoms with Gasteiger partial charge >= 0.3 is 0 Å². The van der Waals surface area contributed by atoms with E-state index in [0.717, 1.165) is 22.3 Å². The van der Waals surface area contributed by atoms with E-state index in [1.54, 1.807) is 24.3 Å². The molecule has 1 amide bonds. The first-order valence-electron chi connectivity index (χ1n) is 11.0. The Labute approximate surface area is 201 Å². The number of hydrogen-bond donors (Lipinski definition) is 2. The normalized spacial score (nSPS) is 16.7. The summed E-state index contributed by atoms with van der Waals surface area (Å²) in [6, 6.07) is 20.4. The summed E-state index contributed by atoms with van der Waals surface area (Å²) in [5.41, 5.74) is 4.65. The van der Waals surface area contributed by atoms with Crippen molar-refractivity contribution in [3.63, 3.8) is 0 Å². The molecule has 8 heteroatoms. The molecule has 170 valence electrons. The van der Waals surface area contributed by atoms with Crippen LogP contribution in [-0.4, -0.2) is 28.7 Å². The molecule has 0 radical (unpaired) electrons. The van der Waals surface area contributed by atoms with Crippen LogP contribution in [0.1, 0.15) is 18.5 Å². The highest BCUT2D eigenvalue weighted by Gasteiger charge is 2.34. The van der Waals surface area contributed by atoms with Gasteiger partial charge in [-0.3, -0.25) is 9.36 Å². The smallest absolute Gasteiger partial charge is 0.255 e. The summed E-state index contributed by atoms with van der Waals surface area (Å²) in [4.78, 5) is 18.4. The maximum Gasteiger partial charge on any atom is 0.255 e. The number of nitrogens with one attached hydrogen (secondary N) is 2. The topological polar surface area (TPSA) is 77.4 Å². The number of ether oxygens (including phenoxy) is 2. The summed E-state index contributed by atoms with van der Waals surface area (Å²) in [6.07, 6.45) is 0. The maximum atomic E-state index is 13.7. The third-order valence-electron chi connectivity index (χ3n) is 6.06. The first-order chi connectivity index (χ1) is 16.6. The van der Waals surface area contributed by atoms with Crippen LogP contribution < -0.4 is 20.1 Å². The fourth-order valence-corrected chi connectivity index (χ4v) is 4.66. The molecular weight excluding hydrogens is 452 g/mol. The summed E-state index contributed by atoms with van der Waals surface area (Å²) in [5, 5.41) is 6.96. The van der Waals surface area contributed by atoms with Gasteiger partial charge in [0.15, 0.2) is 11.5 Å². The highest BCUT2D eigenvalue weighted by molar-refractivity contribution is 6.30. The van der Waals surface area contributed by atoms with Crippen molar-refractivity contribution < 1.29 is 14.3 Å². The average Bonchev–Trinajstić information content (AvgIpc) is 3.22. The predicted molar refractivity (Wildman–Crippen MR) is 132 cm³/mol. The number of amides is 1. The zero-order valence-electron chi connectivity index (χ0n) is 18.3. The van der Waals surface area contributed by atoms with E-state index < -0.39 is 6.04 Å². The first-order valence-corrected chi connectivity index (χ1v) is 11.4. The molecule has 2 aliphatic heterocycles. The minimum absolute atomic E-state index is 0.212. The quantitative estimate of drug-likeness (QED) is 0.418. The molecular formula is C26H21ClN4O3. The van der Waals surface area contributed by atoms with E-state index in [1.165, 1.54) is 0 Å². The van der Waals surface area contributed by atoms with Gasteiger partial charge in [0.25, 0.3) is 5.91 Å². The third kappa shape index (κ3) is 3.45. The van der Waals surface area contributed by atoms with Gasteiger partial charge in [-0.05, 0) is 61.0 Å². The number of benzene rings is 3. The molecule has 1 atom stereocenters. The fraction of sp³-hybridized carbons (Fsp3) is 0.154. The number of fused-ring (bicyclic) bond motifs is 4. The first kappa shape index (κ1) is 20.6. The van der Waals surface area contributed by atoms with Crippen LogP contribution in [-0.2, 0) is 4.79 Å². The molecule has 1 unspecified atom stereocenters. The Morgan fingerprint density at radius 3 is 2.65 bits per heavy atom. The molecule has 0 fully saturated rings. The lowest BCUT2D eigenvalue weighted by Gasteiger charge is -2.31. The van der Waals surface area contributed by atoms with Gasteiger partial charge < -0.3 is 20.1 Å². The van der Waals surface area contributed by atoms with E-state index in [0.29, 0.717) is 46.9 Å². The van der Waals surface area contributed by atoms with E-state index in [9.17, 15) is 4.79 Å². The number of imidazole rings is 1. The van der Waals surface area contributed by atoms with Crippen LogP contribution in [0, 0.1) is 0 Å². The Kier molecular flexibility index (Phi) is 4.92. The second-order valence-electron chi connectivity index (χ2n) is 8.22. The lowest BCUT2D eigenvalue weighted by atomic mass is 9.93. The molecule has 0 spiro atoms. The summed E-state index contributed by atoms with van der Waals surface area (Å²) in [7, 11) is 0. The van der Waals surface area contributed by atoms with Crippen molar-refractivity contribution in [3.8, 4) is 11.5 Å². The summed E-state index contributed by atoms with van der Waals surface area (Å²) < 4.78 is 13.6. The highest BCUT2D eigenvalue weighted by atomic mass is 35.5. The Morgan fingerprint density at radius 2 is 1.82 bits per heavy atom. The molecule has 0 saturated heterocycles. The maximum absolute atomic E-state index is 13.7. The van der Waals surface area contributed by atoms with Gasteiger partial charge in [-0.15, -0.1) is 0 Å². The number of allylic oxidation sites excluding steroid dienone is 1. The van der Waals surface area contributed by atoms with Gasteiger partial charge in [-0.1, -0.05) is 29.8 Å². The van der Waals surface area contributed by atoms with Crippen molar-refractivity contribution in [1.29, 1.82) is 0 Å². The summed E-state index contributed by atoms with van der Waals surface area (Å²) in [6.45, 7) is 2.90. The average molecular weight is 473 g/mol. The number of carbonyl (C=O) groups excluding carboxylic acids is 1. The molecule has 2 N–H and O–H groups in total. The highest BCUT2D eigenvalue weighted by Crippen LogP contribution is 2.42. The van der Waals surface area contributed by atoms with Crippen LogP contribution in [0.3, 0.4) is 0 Å². The molecule has 6 rings (SSSR count). The van der Waals surface area contributed by atoms with Crippen LogP contribution in [0.4, 0.5) is 11.6 Å². The van der Waals surface area contributed by atoms with E-state index >= 15 is 0 Å². The molecule has 34 heavy (non-hydrogen) atoms.